The second kappa shape index (κ2) is 7.66. The first-order chi connectivity index (χ1) is 13.4. The van der Waals surface area contributed by atoms with Crippen LogP contribution in [0, 0.1) is 11.8 Å². The van der Waals surface area contributed by atoms with E-state index in [0.29, 0.717) is 5.92 Å². The van der Waals surface area contributed by atoms with Gasteiger partial charge in [-0.3, -0.25) is 4.79 Å². The minimum atomic E-state index is -0.625. The summed E-state index contributed by atoms with van der Waals surface area (Å²) in [5.74, 6) is 1.26. The van der Waals surface area contributed by atoms with Crippen LogP contribution in [0.2, 0.25) is 0 Å². The van der Waals surface area contributed by atoms with E-state index in [1.54, 1.807) is 6.20 Å². The van der Waals surface area contributed by atoms with E-state index in [-0.39, 0.29) is 24.0 Å². The third kappa shape index (κ3) is 4.12. The molecule has 0 atom stereocenters. The van der Waals surface area contributed by atoms with E-state index in [9.17, 15) is 9.90 Å². The molecule has 2 fully saturated rings. The summed E-state index contributed by atoms with van der Waals surface area (Å²) in [4.78, 5) is 20.9. The van der Waals surface area contributed by atoms with Crippen LogP contribution in [0.3, 0.4) is 0 Å². The number of hydrogen-bond acceptors (Lipinski definition) is 5. The minimum absolute atomic E-state index is 0.0293. The molecule has 2 aliphatic carbocycles. The Kier molecular flexibility index (Phi) is 5.23. The van der Waals surface area contributed by atoms with E-state index in [4.69, 9.17) is 4.74 Å². The summed E-state index contributed by atoms with van der Waals surface area (Å²) in [6, 6.07) is 6.06. The van der Waals surface area contributed by atoms with Crippen LogP contribution in [0.1, 0.15) is 52.4 Å². The van der Waals surface area contributed by atoms with Gasteiger partial charge in [-0.1, -0.05) is 12.1 Å². The van der Waals surface area contributed by atoms with Gasteiger partial charge in [0.15, 0.2) is 0 Å². The van der Waals surface area contributed by atoms with Gasteiger partial charge in [0.25, 0.3) is 0 Å². The molecule has 0 aliphatic heterocycles. The van der Waals surface area contributed by atoms with Crippen molar-refractivity contribution in [2.45, 2.75) is 70.1 Å². The van der Waals surface area contributed by atoms with Gasteiger partial charge in [0.2, 0.25) is 5.91 Å². The highest BCUT2D eigenvalue weighted by Gasteiger charge is 2.38. The Labute approximate surface area is 165 Å². The number of para-hydroxylation sites is 1. The fraction of sp³-hybridized carbons (Fsp3) is 0.591. The van der Waals surface area contributed by atoms with E-state index in [1.807, 2.05) is 32.0 Å². The summed E-state index contributed by atoms with van der Waals surface area (Å²) in [7, 11) is 0. The average molecular weight is 383 g/mol. The number of carbonyl (C=O) groups excluding carboxylic acids is 1. The zero-order chi connectivity index (χ0) is 19.7. The van der Waals surface area contributed by atoms with Crippen LogP contribution in [0.15, 0.2) is 30.7 Å². The number of hydrogen-bond donors (Lipinski definition) is 2. The van der Waals surface area contributed by atoms with Crippen LogP contribution in [0.4, 0.5) is 0 Å². The molecule has 0 spiro atoms. The van der Waals surface area contributed by atoms with Gasteiger partial charge < -0.3 is 15.2 Å². The lowest BCUT2D eigenvalue weighted by Gasteiger charge is -2.38. The SMILES string of the molecule is CC(C)(O)C1CCC(NC(=O)C2CC(Oc3cccc4cncnc34)C2)CC1. The first-order valence-corrected chi connectivity index (χ1v) is 10.3. The largest absolute Gasteiger partial charge is 0.488 e. The number of ether oxygens (including phenoxy) is 1. The van der Waals surface area contributed by atoms with Crippen LogP contribution in [0.25, 0.3) is 10.9 Å². The van der Waals surface area contributed by atoms with Crippen molar-refractivity contribution in [3.8, 4) is 5.75 Å². The predicted octanol–water partition coefficient (Wildman–Crippen LogP) is 3.23. The summed E-state index contributed by atoms with van der Waals surface area (Å²) in [5.41, 5.74) is 0.189. The molecule has 28 heavy (non-hydrogen) atoms. The van der Waals surface area contributed by atoms with Crippen molar-refractivity contribution >= 4 is 16.8 Å². The van der Waals surface area contributed by atoms with Crippen LogP contribution in [0.5, 0.6) is 5.75 Å². The number of nitrogens with zero attached hydrogens (tertiary/aromatic N) is 2. The van der Waals surface area contributed by atoms with E-state index >= 15 is 0 Å². The highest BCUT2D eigenvalue weighted by atomic mass is 16.5. The van der Waals surface area contributed by atoms with Gasteiger partial charge in [0.1, 0.15) is 23.7 Å². The smallest absolute Gasteiger partial charge is 0.223 e. The maximum Gasteiger partial charge on any atom is 0.223 e. The van der Waals surface area contributed by atoms with Gasteiger partial charge in [0.05, 0.1) is 5.60 Å². The number of aliphatic hydroxyl groups is 1. The Morgan fingerprint density at radius 3 is 2.68 bits per heavy atom. The molecule has 4 rings (SSSR count). The molecule has 0 radical (unpaired) electrons. The van der Waals surface area contributed by atoms with Crippen LogP contribution >= 0.6 is 0 Å². The molecule has 2 aliphatic rings. The molecule has 6 nitrogen and oxygen atoms in total. The van der Waals surface area contributed by atoms with Crippen LogP contribution in [-0.2, 0) is 4.79 Å². The monoisotopic (exact) mass is 383 g/mol. The lowest BCUT2D eigenvalue weighted by molar-refractivity contribution is -0.131. The Morgan fingerprint density at radius 2 is 1.96 bits per heavy atom. The van der Waals surface area contributed by atoms with Crippen molar-refractivity contribution in [2.24, 2.45) is 11.8 Å². The Morgan fingerprint density at radius 1 is 1.21 bits per heavy atom. The molecule has 0 unspecified atom stereocenters. The molecule has 1 aromatic heterocycles. The van der Waals surface area contributed by atoms with Crippen molar-refractivity contribution in [3.63, 3.8) is 0 Å². The summed E-state index contributed by atoms with van der Waals surface area (Å²) < 4.78 is 6.09. The molecule has 2 saturated carbocycles. The van der Waals surface area contributed by atoms with Gasteiger partial charge in [-0.05, 0) is 64.4 Å². The van der Waals surface area contributed by atoms with Gasteiger partial charge in [-0.2, -0.15) is 0 Å². The number of fused-ring (bicyclic) bond motifs is 1. The molecule has 1 amide bonds. The average Bonchev–Trinajstić information content (AvgIpc) is 2.64. The molecule has 1 aromatic carbocycles. The maximum absolute atomic E-state index is 12.5. The minimum Gasteiger partial charge on any atom is -0.488 e. The molecule has 2 aromatic rings. The second-order valence-electron chi connectivity index (χ2n) is 8.84. The molecule has 2 N–H and O–H groups in total. The van der Waals surface area contributed by atoms with E-state index < -0.39 is 5.60 Å². The number of rotatable bonds is 5. The summed E-state index contributed by atoms with van der Waals surface area (Å²) in [6.07, 6.45) is 8.67. The second-order valence-corrected chi connectivity index (χ2v) is 8.84. The third-order valence-corrected chi connectivity index (χ3v) is 6.33. The highest BCUT2D eigenvalue weighted by Crippen LogP contribution is 2.35. The van der Waals surface area contributed by atoms with Crippen molar-refractivity contribution in [2.75, 3.05) is 0 Å². The number of benzene rings is 1. The van der Waals surface area contributed by atoms with Crippen molar-refractivity contribution in [3.05, 3.63) is 30.7 Å². The molecule has 1 heterocycles. The van der Waals surface area contributed by atoms with E-state index in [0.717, 1.165) is 55.2 Å². The first kappa shape index (κ1) is 19.1. The summed E-state index contributed by atoms with van der Waals surface area (Å²) in [5, 5.41) is 14.3. The van der Waals surface area contributed by atoms with Gasteiger partial charge in [-0.25, -0.2) is 9.97 Å². The standard InChI is InChI=1S/C22H29N3O3/c1-22(2,27)16-6-8-17(9-7-16)25-21(26)15-10-18(11-15)28-19-5-3-4-14-12-23-13-24-20(14)19/h3-5,12-13,15-18,27H,6-11H2,1-2H3,(H,25,26). The lowest BCUT2D eigenvalue weighted by atomic mass is 9.76. The number of amides is 1. The lowest BCUT2D eigenvalue weighted by Crippen LogP contribution is -2.48. The van der Waals surface area contributed by atoms with Crippen molar-refractivity contribution in [1.29, 1.82) is 0 Å². The highest BCUT2D eigenvalue weighted by molar-refractivity contribution is 5.83. The van der Waals surface area contributed by atoms with E-state index in [1.165, 1.54) is 6.33 Å². The zero-order valence-electron chi connectivity index (χ0n) is 16.6. The maximum atomic E-state index is 12.5. The predicted molar refractivity (Wildman–Crippen MR) is 107 cm³/mol. The van der Waals surface area contributed by atoms with Gasteiger partial charge in [-0.15, -0.1) is 0 Å². The fourth-order valence-corrected chi connectivity index (χ4v) is 4.40. The molecular formula is C22H29N3O3. The number of nitrogens with one attached hydrogen (secondary N) is 1. The molecule has 6 heteroatoms. The Bertz CT molecular complexity index is 829. The number of aromatic nitrogens is 2. The van der Waals surface area contributed by atoms with Crippen LogP contribution < -0.4 is 10.1 Å². The molecular weight excluding hydrogens is 354 g/mol. The Balaban J connectivity index is 1.25. The molecule has 0 saturated heterocycles. The summed E-state index contributed by atoms with van der Waals surface area (Å²) >= 11 is 0. The molecule has 0 bridgehead atoms. The summed E-state index contributed by atoms with van der Waals surface area (Å²) in [6.45, 7) is 3.76. The van der Waals surface area contributed by atoms with Gasteiger partial charge in [0, 0.05) is 23.5 Å². The van der Waals surface area contributed by atoms with E-state index in [2.05, 4.69) is 15.3 Å². The topological polar surface area (TPSA) is 84.3 Å². The van der Waals surface area contributed by atoms with Crippen molar-refractivity contribution < 1.29 is 14.6 Å². The first-order valence-electron chi connectivity index (χ1n) is 10.3. The molecule has 150 valence electrons. The quantitative estimate of drug-likeness (QED) is 0.828. The van der Waals surface area contributed by atoms with Gasteiger partial charge >= 0.3 is 0 Å². The number of carbonyl (C=O) groups is 1. The fourth-order valence-electron chi connectivity index (χ4n) is 4.40. The Hall–Kier alpha value is -2.21. The normalized spacial score (nSPS) is 27.8. The zero-order valence-corrected chi connectivity index (χ0v) is 16.6. The van der Waals surface area contributed by atoms with Crippen molar-refractivity contribution in [1.82, 2.24) is 15.3 Å². The van der Waals surface area contributed by atoms with Crippen LogP contribution in [-0.4, -0.2) is 38.7 Å². The third-order valence-electron chi connectivity index (χ3n) is 6.33.